The molecule has 0 aliphatic carbocycles. The normalized spacial score (nSPS) is 12.0. The molecule has 1 unspecified atom stereocenters. The molecule has 0 aliphatic rings. The molecule has 2 rings (SSSR count). The van der Waals surface area contributed by atoms with Crippen molar-refractivity contribution >= 4 is 50.7 Å². The van der Waals surface area contributed by atoms with E-state index in [4.69, 9.17) is 32.7 Å². The largest absolute Gasteiger partial charge is 0.497 e. The third-order valence-corrected chi connectivity index (χ3v) is 7.08. The molecule has 2 amide bonds. The fraction of sp³-hybridized carbons (Fsp3) is 0.391. The highest BCUT2D eigenvalue weighted by atomic mass is 35.5. The second kappa shape index (κ2) is 12.3. The van der Waals surface area contributed by atoms with Gasteiger partial charge < -0.3 is 19.7 Å². The maximum absolute atomic E-state index is 13.6. The number of amides is 2. The van der Waals surface area contributed by atoms with Crippen molar-refractivity contribution in [2.24, 2.45) is 0 Å². The van der Waals surface area contributed by atoms with Gasteiger partial charge in [0, 0.05) is 34.8 Å². The minimum absolute atomic E-state index is 0.109. The van der Waals surface area contributed by atoms with Crippen molar-refractivity contribution in [2.45, 2.75) is 26.4 Å². The Kier molecular flexibility index (Phi) is 10.1. The van der Waals surface area contributed by atoms with Crippen LogP contribution in [0.5, 0.6) is 11.5 Å². The maximum atomic E-state index is 13.6. The minimum atomic E-state index is -3.95. The summed E-state index contributed by atoms with van der Waals surface area (Å²) in [6.07, 6.45) is 0.974. The Labute approximate surface area is 215 Å². The summed E-state index contributed by atoms with van der Waals surface area (Å²) < 4.78 is 37.0. The summed E-state index contributed by atoms with van der Waals surface area (Å²) in [5.41, 5.74) is 0.550. The van der Waals surface area contributed by atoms with E-state index >= 15 is 0 Å². The molecule has 9 nitrogen and oxygen atoms in total. The molecular weight excluding hydrogens is 517 g/mol. The van der Waals surface area contributed by atoms with Crippen LogP contribution in [0.2, 0.25) is 10.0 Å². The van der Waals surface area contributed by atoms with Crippen LogP contribution in [-0.4, -0.2) is 64.7 Å². The molecule has 2 aromatic carbocycles. The second-order valence-corrected chi connectivity index (χ2v) is 10.3. The molecule has 0 saturated heterocycles. The lowest BCUT2D eigenvalue weighted by molar-refractivity contribution is -0.139. The summed E-state index contributed by atoms with van der Waals surface area (Å²) in [5, 5.41) is 3.30. The summed E-state index contributed by atoms with van der Waals surface area (Å²) in [6.45, 7) is 2.94. The Hall–Kier alpha value is -2.69. The van der Waals surface area contributed by atoms with Gasteiger partial charge in [-0.1, -0.05) is 29.3 Å². The third-order valence-electron chi connectivity index (χ3n) is 5.24. The Morgan fingerprint density at radius 3 is 2.23 bits per heavy atom. The van der Waals surface area contributed by atoms with E-state index in [1.807, 2.05) is 0 Å². The van der Waals surface area contributed by atoms with Crippen molar-refractivity contribution in [1.82, 2.24) is 10.2 Å². The fourth-order valence-corrected chi connectivity index (χ4v) is 4.71. The van der Waals surface area contributed by atoms with Crippen molar-refractivity contribution in [3.63, 3.8) is 0 Å². The number of benzene rings is 2. The Balaban J connectivity index is 2.53. The predicted molar refractivity (Wildman–Crippen MR) is 137 cm³/mol. The highest BCUT2D eigenvalue weighted by molar-refractivity contribution is 7.92. The van der Waals surface area contributed by atoms with E-state index in [1.165, 1.54) is 31.3 Å². The lowest BCUT2D eigenvalue weighted by Gasteiger charge is -2.32. The van der Waals surface area contributed by atoms with Crippen LogP contribution in [0.25, 0.3) is 0 Å². The van der Waals surface area contributed by atoms with E-state index in [2.05, 4.69) is 5.32 Å². The van der Waals surface area contributed by atoms with Crippen LogP contribution >= 0.6 is 23.2 Å². The number of nitrogens with one attached hydrogen (secondary N) is 1. The van der Waals surface area contributed by atoms with Gasteiger partial charge >= 0.3 is 0 Å². The Bertz CT molecular complexity index is 1160. The van der Waals surface area contributed by atoms with E-state index < -0.39 is 34.4 Å². The number of halogens is 2. The zero-order chi connectivity index (χ0) is 26.3. The number of carbonyl (C=O) groups is 2. The molecule has 1 atom stereocenters. The number of nitrogens with zero attached hydrogens (tertiary/aromatic N) is 2. The lowest BCUT2D eigenvalue weighted by Crippen LogP contribution is -2.51. The van der Waals surface area contributed by atoms with Gasteiger partial charge in [-0.3, -0.25) is 13.9 Å². The molecule has 0 aromatic heterocycles. The third kappa shape index (κ3) is 7.16. The summed E-state index contributed by atoms with van der Waals surface area (Å²) in [4.78, 5) is 27.5. The first-order valence-electron chi connectivity index (χ1n) is 10.6. The molecule has 0 radical (unpaired) electrons. The average molecular weight is 546 g/mol. The van der Waals surface area contributed by atoms with Gasteiger partial charge in [0.2, 0.25) is 21.8 Å². The molecule has 0 saturated carbocycles. The number of methoxy groups -OCH3 is 2. The van der Waals surface area contributed by atoms with Crippen LogP contribution < -0.4 is 19.1 Å². The number of rotatable bonds is 11. The molecule has 35 heavy (non-hydrogen) atoms. The van der Waals surface area contributed by atoms with Crippen LogP contribution in [-0.2, 0) is 26.2 Å². The number of ether oxygens (including phenoxy) is 2. The van der Waals surface area contributed by atoms with Crippen LogP contribution in [0.1, 0.15) is 19.4 Å². The highest BCUT2D eigenvalue weighted by Crippen LogP contribution is 2.34. The van der Waals surface area contributed by atoms with E-state index in [-0.39, 0.29) is 18.0 Å². The number of hydrogen-bond acceptors (Lipinski definition) is 6. The molecule has 0 fully saturated rings. The Morgan fingerprint density at radius 1 is 1.09 bits per heavy atom. The first kappa shape index (κ1) is 28.5. The van der Waals surface area contributed by atoms with E-state index in [9.17, 15) is 18.0 Å². The molecule has 0 spiro atoms. The van der Waals surface area contributed by atoms with Gasteiger partial charge in [0.25, 0.3) is 0 Å². The standard InChI is InChI=1S/C23H29Cl2N3O6S/c1-6-26-23(30)15(2)27(13-17-18(24)8-7-9-19(17)25)22(29)14-28(35(5,31)32)20-12-16(33-3)10-11-21(20)34-4/h7-12,15H,6,13-14H2,1-5H3,(H,26,30). The highest BCUT2D eigenvalue weighted by Gasteiger charge is 2.32. The van der Waals surface area contributed by atoms with Crippen LogP contribution in [0.15, 0.2) is 36.4 Å². The van der Waals surface area contributed by atoms with E-state index in [0.717, 1.165) is 10.6 Å². The zero-order valence-electron chi connectivity index (χ0n) is 20.2. The monoisotopic (exact) mass is 545 g/mol. The Morgan fingerprint density at radius 2 is 1.71 bits per heavy atom. The van der Waals surface area contributed by atoms with Crippen molar-refractivity contribution < 1.29 is 27.5 Å². The van der Waals surface area contributed by atoms with Crippen molar-refractivity contribution in [2.75, 3.05) is 37.9 Å². The zero-order valence-corrected chi connectivity index (χ0v) is 22.5. The average Bonchev–Trinajstić information content (AvgIpc) is 2.80. The van der Waals surface area contributed by atoms with Gasteiger partial charge in [-0.25, -0.2) is 8.42 Å². The number of anilines is 1. The molecule has 12 heteroatoms. The summed E-state index contributed by atoms with van der Waals surface area (Å²) in [6, 6.07) is 8.55. The molecule has 0 aliphatic heterocycles. The SMILES string of the molecule is CCNC(=O)C(C)N(Cc1c(Cl)cccc1Cl)C(=O)CN(c1cc(OC)ccc1OC)S(C)(=O)=O. The molecule has 192 valence electrons. The second-order valence-electron chi connectivity index (χ2n) is 7.60. The van der Waals surface area contributed by atoms with Crippen molar-refractivity contribution in [3.05, 3.63) is 52.0 Å². The van der Waals surface area contributed by atoms with Gasteiger partial charge in [-0.15, -0.1) is 0 Å². The van der Waals surface area contributed by atoms with Gasteiger partial charge in [0.1, 0.15) is 24.1 Å². The smallest absolute Gasteiger partial charge is 0.244 e. The maximum Gasteiger partial charge on any atom is 0.244 e. The first-order chi connectivity index (χ1) is 16.4. The molecule has 0 bridgehead atoms. The van der Waals surface area contributed by atoms with Gasteiger partial charge in [-0.2, -0.15) is 0 Å². The van der Waals surface area contributed by atoms with Gasteiger partial charge in [-0.05, 0) is 38.1 Å². The summed E-state index contributed by atoms with van der Waals surface area (Å²) >= 11 is 12.6. The molecule has 2 aromatic rings. The summed E-state index contributed by atoms with van der Waals surface area (Å²) in [7, 11) is -1.13. The number of likely N-dealkylation sites (N-methyl/N-ethyl adjacent to an activating group) is 1. The topological polar surface area (TPSA) is 105 Å². The van der Waals surface area contributed by atoms with Crippen molar-refractivity contribution in [3.8, 4) is 11.5 Å². The van der Waals surface area contributed by atoms with Crippen LogP contribution in [0, 0.1) is 0 Å². The van der Waals surface area contributed by atoms with Gasteiger partial charge in [0.05, 0.1) is 26.2 Å². The number of carbonyl (C=O) groups excluding carboxylic acids is 2. The fourth-order valence-electron chi connectivity index (χ4n) is 3.34. The molecular formula is C23H29Cl2N3O6S. The number of hydrogen-bond donors (Lipinski definition) is 1. The molecule has 0 heterocycles. The number of sulfonamides is 1. The predicted octanol–water partition coefficient (Wildman–Crippen LogP) is 3.33. The quantitative estimate of drug-likeness (QED) is 0.464. The molecule has 1 N–H and O–H groups in total. The first-order valence-corrected chi connectivity index (χ1v) is 13.2. The van der Waals surface area contributed by atoms with Crippen molar-refractivity contribution in [1.29, 1.82) is 0 Å². The van der Waals surface area contributed by atoms with E-state index in [1.54, 1.807) is 38.1 Å². The summed E-state index contributed by atoms with van der Waals surface area (Å²) in [5.74, 6) is -0.456. The van der Waals surface area contributed by atoms with Crippen LogP contribution in [0.3, 0.4) is 0 Å². The van der Waals surface area contributed by atoms with Gasteiger partial charge in [0.15, 0.2) is 0 Å². The van der Waals surface area contributed by atoms with E-state index in [0.29, 0.717) is 27.9 Å². The minimum Gasteiger partial charge on any atom is -0.497 e. The van der Waals surface area contributed by atoms with Crippen LogP contribution in [0.4, 0.5) is 5.69 Å². The lowest BCUT2D eigenvalue weighted by atomic mass is 10.1.